The number of hydrogen-bond acceptors (Lipinski definition) is 2. The Morgan fingerprint density at radius 1 is 1.29 bits per heavy atom. The molecule has 21 heavy (non-hydrogen) atoms. The molecule has 2 amide bonds. The largest absolute Gasteiger partial charge is 0.342 e. The number of carbonyl (C=O) groups is 2. The number of nitrogens with zero attached hydrogens (tertiary/aromatic N) is 1. The highest BCUT2D eigenvalue weighted by Gasteiger charge is 2.40. The predicted octanol–water partition coefficient (Wildman–Crippen LogP) is 2.13. The van der Waals surface area contributed by atoms with E-state index in [4.69, 9.17) is 0 Å². The standard InChI is InChI=1S/C17H24N2O2/c1-4-17(3)16(21)19(11-10-15(20)18-17)13(2)12-14-8-6-5-7-9-14/h5-9,13H,4,10-12H2,1-3H3,(H,18,20). The molecule has 1 aromatic carbocycles. The van der Waals surface area contributed by atoms with Crippen LogP contribution in [0, 0.1) is 0 Å². The molecule has 2 atom stereocenters. The van der Waals surface area contributed by atoms with Crippen LogP contribution in [0.5, 0.6) is 0 Å². The van der Waals surface area contributed by atoms with Crippen LogP contribution < -0.4 is 5.32 Å². The number of nitrogens with one attached hydrogen (secondary N) is 1. The molecule has 0 radical (unpaired) electrons. The molecule has 1 heterocycles. The molecule has 0 bridgehead atoms. The van der Waals surface area contributed by atoms with Gasteiger partial charge in [-0.1, -0.05) is 37.3 Å². The highest BCUT2D eigenvalue weighted by molar-refractivity contribution is 5.93. The van der Waals surface area contributed by atoms with Gasteiger partial charge in [-0.25, -0.2) is 0 Å². The van der Waals surface area contributed by atoms with Crippen LogP contribution in [0.2, 0.25) is 0 Å². The highest BCUT2D eigenvalue weighted by Crippen LogP contribution is 2.21. The fraction of sp³-hybridized carbons (Fsp3) is 0.529. The Hall–Kier alpha value is -1.84. The molecule has 1 aliphatic heterocycles. The molecule has 1 fully saturated rings. The third-order valence-electron chi connectivity index (χ3n) is 4.34. The van der Waals surface area contributed by atoms with E-state index in [-0.39, 0.29) is 17.9 Å². The lowest BCUT2D eigenvalue weighted by Gasteiger charge is -2.35. The highest BCUT2D eigenvalue weighted by atomic mass is 16.2. The van der Waals surface area contributed by atoms with E-state index in [2.05, 4.69) is 24.4 Å². The van der Waals surface area contributed by atoms with Crippen molar-refractivity contribution >= 4 is 11.8 Å². The van der Waals surface area contributed by atoms with Crippen LogP contribution in [-0.4, -0.2) is 34.8 Å². The Labute approximate surface area is 126 Å². The van der Waals surface area contributed by atoms with Gasteiger partial charge in [-0.05, 0) is 32.3 Å². The van der Waals surface area contributed by atoms with Gasteiger partial charge in [0.05, 0.1) is 0 Å². The van der Waals surface area contributed by atoms with E-state index in [0.29, 0.717) is 19.4 Å². The van der Waals surface area contributed by atoms with Crippen LogP contribution in [0.1, 0.15) is 39.2 Å². The van der Waals surface area contributed by atoms with Gasteiger partial charge in [0.2, 0.25) is 11.8 Å². The molecule has 0 spiro atoms. The Morgan fingerprint density at radius 3 is 2.57 bits per heavy atom. The molecule has 114 valence electrons. The van der Waals surface area contributed by atoms with Gasteiger partial charge >= 0.3 is 0 Å². The maximum atomic E-state index is 12.8. The molecule has 2 unspecified atom stereocenters. The molecule has 1 aromatic rings. The van der Waals surface area contributed by atoms with Gasteiger partial charge in [0, 0.05) is 19.0 Å². The van der Waals surface area contributed by atoms with E-state index < -0.39 is 5.54 Å². The first-order chi connectivity index (χ1) is 9.96. The van der Waals surface area contributed by atoms with Gasteiger partial charge in [-0.2, -0.15) is 0 Å². The summed E-state index contributed by atoms with van der Waals surface area (Å²) < 4.78 is 0. The molecule has 4 nitrogen and oxygen atoms in total. The molecule has 1 aliphatic rings. The second-order valence-electron chi connectivity index (χ2n) is 6.02. The molecule has 0 aliphatic carbocycles. The van der Waals surface area contributed by atoms with E-state index in [1.807, 2.05) is 36.9 Å². The van der Waals surface area contributed by atoms with Crippen LogP contribution in [-0.2, 0) is 16.0 Å². The first kappa shape index (κ1) is 15.5. The molecule has 1 saturated heterocycles. The van der Waals surface area contributed by atoms with E-state index in [1.165, 1.54) is 5.56 Å². The van der Waals surface area contributed by atoms with Gasteiger partial charge < -0.3 is 10.2 Å². The molecule has 0 aromatic heterocycles. The fourth-order valence-electron chi connectivity index (χ4n) is 2.79. The Bertz CT molecular complexity index is 515. The fourth-order valence-corrected chi connectivity index (χ4v) is 2.79. The van der Waals surface area contributed by atoms with Crippen LogP contribution >= 0.6 is 0 Å². The minimum atomic E-state index is -0.779. The minimum absolute atomic E-state index is 0.0271. The molecule has 1 N–H and O–H groups in total. The van der Waals surface area contributed by atoms with Gasteiger partial charge in [0.15, 0.2) is 0 Å². The van der Waals surface area contributed by atoms with Crippen LogP contribution in [0.4, 0.5) is 0 Å². The van der Waals surface area contributed by atoms with Gasteiger partial charge in [-0.3, -0.25) is 9.59 Å². The first-order valence-electron chi connectivity index (χ1n) is 7.62. The Kier molecular flexibility index (Phi) is 4.66. The van der Waals surface area contributed by atoms with Gasteiger partial charge in [0.1, 0.15) is 5.54 Å². The van der Waals surface area contributed by atoms with E-state index in [0.717, 1.165) is 6.42 Å². The SMILES string of the molecule is CCC1(C)NC(=O)CCN(C(C)Cc2ccccc2)C1=O. The van der Waals surface area contributed by atoms with Crippen molar-refractivity contribution in [3.8, 4) is 0 Å². The van der Waals surface area contributed by atoms with Crippen molar-refractivity contribution in [3.63, 3.8) is 0 Å². The summed E-state index contributed by atoms with van der Waals surface area (Å²) in [7, 11) is 0. The summed E-state index contributed by atoms with van der Waals surface area (Å²) in [6.45, 7) is 6.30. The number of rotatable bonds is 4. The third-order valence-corrected chi connectivity index (χ3v) is 4.34. The van der Waals surface area contributed by atoms with Crippen molar-refractivity contribution in [1.82, 2.24) is 10.2 Å². The number of hydrogen-bond donors (Lipinski definition) is 1. The summed E-state index contributed by atoms with van der Waals surface area (Å²) in [4.78, 5) is 26.5. The summed E-state index contributed by atoms with van der Waals surface area (Å²) in [6.07, 6.45) is 1.78. The van der Waals surface area contributed by atoms with Crippen molar-refractivity contribution < 1.29 is 9.59 Å². The number of carbonyl (C=O) groups excluding carboxylic acids is 2. The Morgan fingerprint density at radius 2 is 1.95 bits per heavy atom. The monoisotopic (exact) mass is 288 g/mol. The molecule has 4 heteroatoms. The van der Waals surface area contributed by atoms with Crippen LogP contribution in [0.3, 0.4) is 0 Å². The minimum Gasteiger partial charge on any atom is -0.342 e. The summed E-state index contributed by atoms with van der Waals surface area (Å²) in [5, 5.41) is 2.87. The first-order valence-corrected chi connectivity index (χ1v) is 7.62. The van der Waals surface area contributed by atoms with E-state index in [9.17, 15) is 9.59 Å². The number of benzene rings is 1. The summed E-state index contributed by atoms with van der Waals surface area (Å²) in [5.74, 6) is -0.0126. The quantitative estimate of drug-likeness (QED) is 0.922. The summed E-state index contributed by atoms with van der Waals surface area (Å²) in [5.41, 5.74) is 0.429. The van der Waals surface area contributed by atoms with Crippen LogP contribution in [0.15, 0.2) is 30.3 Å². The number of amides is 2. The summed E-state index contributed by atoms with van der Waals surface area (Å²) in [6, 6.07) is 10.2. The maximum Gasteiger partial charge on any atom is 0.248 e. The molecular weight excluding hydrogens is 264 g/mol. The van der Waals surface area contributed by atoms with E-state index in [1.54, 1.807) is 0 Å². The van der Waals surface area contributed by atoms with Crippen molar-refractivity contribution in [2.75, 3.05) is 6.54 Å². The third kappa shape index (κ3) is 3.43. The molecule has 2 rings (SSSR count). The second-order valence-corrected chi connectivity index (χ2v) is 6.02. The second kappa shape index (κ2) is 6.29. The van der Waals surface area contributed by atoms with Crippen molar-refractivity contribution in [1.29, 1.82) is 0 Å². The zero-order valence-electron chi connectivity index (χ0n) is 13.1. The van der Waals surface area contributed by atoms with Crippen molar-refractivity contribution in [3.05, 3.63) is 35.9 Å². The zero-order chi connectivity index (χ0) is 15.5. The summed E-state index contributed by atoms with van der Waals surface area (Å²) >= 11 is 0. The average molecular weight is 288 g/mol. The lowest BCUT2D eigenvalue weighted by molar-refractivity contribution is -0.140. The van der Waals surface area contributed by atoms with Crippen molar-refractivity contribution in [2.24, 2.45) is 0 Å². The molecule has 0 saturated carbocycles. The van der Waals surface area contributed by atoms with Crippen LogP contribution in [0.25, 0.3) is 0 Å². The smallest absolute Gasteiger partial charge is 0.248 e. The van der Waals surface area contributed by atoms with E-state index >= 15 is 0 Å². The average Bonchev–Trinajstić information content (AvgIpc) is 2.58. The lowest BCUT2D eigenvalue weighted by Crippen LogP contribution is -2.56. The predicted molar refractivity (Wildman–Crippen MR) is 82.8 cm³/mol. The topological polar surface area (TPSA) is 49.4 Å². The molecular formula is C17H24N2O2. The normalized spacial score (nSPS) is 24.4. The van der Waals surface area contributed by atoms with Crippen molar-refractivity contribution in [2.45, 2.75) is 51.6 Å². The Balaban J connectivity index is 2.17. The zero-order valence-corrected chi connectivity index (χ0v) is 13.1. The maximum absolute atomic E-state index is 12.8. The van der Waals surface area contributed by atoms with Gasteiger partial charge in [-0.15, -0.1) is 0 Å². The van der Waals surface area contributed by atoms with Gasteiger partial charge in [0.25, 0.3) is 0 Å². The lowest BCUT2D eigenvalue weighted by atomic mass is 9.95.